The molecular weight excluding hydrogens is 657 g/mol. The highest BCUT2D eigenvalue weighted by Crippen LogP contribution is 2.41. The third-order valence-electron chi connectivity index (χ3n) is 9.81. The van der Waals surface area contributed by atoms with Crippen molar-refractivity contribution >= 4 is 20.5 Å². The molecule has 5 aromatic carbocycles. The highest BCUT2D eigenvalue weighted by molar-refractivity contribution is 8.00. The molecule has 0 spiro atoms. The first-order chi connectivity index (χ1) is 24.2. The molecule has 1 N–H and O–H groups in total. The van der Waals surface area contributed by atoms with Gasteiger partial charge in [0.15, 0.2) is 15.6 Å². The van der Waals surface area contributed by atoms with Crippen LogP contribution in [0.15, 0.2) is 140 Å². The highest BCUT2D eigenvalue weighted by atomic mass is 32.2. The Balaban J connectivity index is 0.000000298. The Hall–Kier alpha value is -5.24. The van der Waals surface area contributed by atoms with Crippen LogP contribution in [0.4, 0.5) is 0 Å². The van der Waals surface area contributed by atoms with Gasteiger partial charge in [-0.1, -0.05) is 117 Å². The first-order valence-electron chi connectivity index (χ1n) is 16.6. The molecule has 0 fully saturated rings. The second-order valence-electron chi connectivity index (χ2n) is 13.3. The van der Waals surface area contributed by atoms with E-state index in [2.05, 4.69) is 88.0 Å². The lowest BCUT2D eigenvalue weighted by atomic mass is 9.70. The number of carbonyl (C=O) groups is 1. The van der Waals surface area contributed by atoms with Gasteiger partial charge in [-0.3, -0.25) is 4.79 Å². The number of carbonyl (C=O) groups excluding carboxylic acids is 1. The molecule has 1 aliphatic rings. The lowest BCUT2D eigenvalue weighted by Crippen LogP contribution is -2.26. The van der Waals surface area contributed by atoms with Crippen molar-refractivity contribution in [2.75, 3.05) is 20.5 Å². The molecule has 0 heterocycles. The van der Waals surface area contributed by atoms with Crippen molar-refractivity contribution in [3.8, 4) is 11.5 Å². The van der Waals surface area contributed by atoms with Crippen molar-refractivity contribution in [3.63, 3.8) is 0 Å². The van der Waals surface area contributed by atoms with E-state index in [-0.39, 0.29) is 35.1 Å². The molecule has 264 valence electrons. The molecule has 0 aliphatic heterocycles. The molecule has 1 aliphatic carbocycles. The van der Waals surface area contributed by atoms with Crippen molar-refractivity contribution in [1.82, 2.24) is 0 Å². The third kappa shape index (κ3) is 7.60. The SMILES string of the molecule is C=C1C=C(S(C)(=O)=O)c2ccccc2C1=O.COc1ccc(C(C)(c2ccc(OC)cc2)c2ccc(C(C)(C)c3ccc(CO)cc3)cc2)cc1.[HH]. The van der Waals surface area contributed by atoms with Gasteiger partial charge < -0.3 is 14.6 Å². The summed E-state index contributed by atoms with van der Waals surface area (Å²) < 4.78 is 34.0. The van der Waals surface area contributed by atoms with Crippen molar-refractivity contribution < 1.29 is 29.2 Å². The Labute approximate surface area is 303 Å². The predicted molar refractivity (Wildman–Crippen MR) is 207 cm³/mol. The lowest BCUT2D eigenvalue weighted by molar-refractivity contribution is 0.103. The minimum atomic E-state index is -3.35. The molecule has 5 aromatic rings. The van der Waals surface area contributed by atoms with Crippen molar-refractivity contribution in [2.45, 2.75) is 38.2 Å². The molecule has 6 rings (SSSR count). The van der Waals surface area contributed by atoms with Crippen LogP contribution in [-0.2, 0) is 27.3 Å². The number of Topliss-reactive ketones (excluding diaryl/α,β-unsaturated/α-hetero) is 1. The Morgan fingerprint density at radius 2 is 1.04 bits per heavy atom. The summed E-state index contributed by atoms with van der Waals surface area (Å²) in [5.41, 5.74) is 7.52. The number of aliphatic hydroxyl groups is 1. The molecule has 0 unspecified atom stereocenters. The number of methoxy groups -OCH3 is 2. The Bertz CT molecular complexity index is 2120. The van der Waals surface area contributed by atoms with Crippen LogP contribution in [0.5, 0.6) is 11.5 Å². The predicted octanol–water partition coefficient (Wildman–Crippen LogP) is 8.95. The fraction of sp³-hybridized carbons (Fsp3) is 0.205. The van der Waals surface area contributed by atoms with Crippen LogP contribution in [0.3, 0.4) is 0 Å². The van der Waals surface area contributed by atoms with Gasteiger partial charge in [0.25, 0.3) is 0 Å². The van der Waals surface area contributed by atoms with E-state index in [1.54, 1.807) is 38.5 Å². The average Bonchev–Trinajstić information content (AvgIpc) is 3.16. The zero-order chi connectivity index (χ0) is 37.0. The summed E-state index contributed by atoms with van der Waals surface area (Å²) in [5, 5.41) is 9.39. The normalized spacial score (nSPS) is 13.0. The molecule has 0 atom stereocenters. The summed E-state index contributed by atoms with van der Waals surface area (Å²) in [6.07, 6.45) is 2.46. The molecule has 0 amide bonds. The first-order valence-corrected chi connectivity index (χ1v) is 18.5. The second kappa shape index (κ2) is 14.9. The van der Waals surface area contributed by atoms with Crippen LogP contribution in [0, 0.1) is 0 Å². The van der Waals surface area contributed by atoms with Gasteiger partial charge in [-0.05, 0) is 70.6 Å². The number of benzene rings is 5. The number of fused-ring (bicyclic) bond motifs is 1. The molecule has 0 bridgehead atoms. The minimum absolute atomic E-state index is 0. The minimum Gasteiger partial charge on any atom is -0.497 e. The van der Waals surface area contributed by atoms with Crippen LogP contribution in [-0.4, -0.2) is 39.8 Å². The van der Waals surface area contributed by atoms with E-state index in [1.807, 2.05) is 36.4 Å². The standard InChI is InChI=1S/C32H34O3.C12H10O3S.H2/c1-31(2,24-8-6-23(22-33)7-9-24)25-10-12-26(13-11-25)32(3,27-14-18-29(34-4)19-15-27)28-16-20-30(35-5)21-17-28;1-8-7-11(16(2,14)15)9-5-3-4-6-10(9)12(8)13;/h6-21,33H,22H2,1-5H3;3-7H,1H2,2H3;1H. The number of allylic oxidation sites excluding steroid dienone is 2. The van der Waals surface area contributed by atoms with E-state index in [0.29, 0.717) is 11.1 Å². The number of rotatable bonds is 9. The third-order valence-corrected chi connectivity index (χ3v) is 10.9. The smallest absolute Gasteiger partial charge is 0.193 e. The van der Waals surface area contributed by atoms with Gasteiger partial charge in [-0.2, -0.15) is 0 Å². The number of ketones is 1. The van der Waals surface area contributed by atoms with Crippen molar-refractivity contribution in [1.29, 1.82) is 0 Å². The average molecular weight is 703 g/mol. The van der Waals surface area contributed by atoms with Gasteiger partial charge in [0, 0.05) is 35.2 Å². The van der Waals surface area contributed by atoms with Crippen LogP contribution >= 0.6 is 0 Å². The molecule has 6 nitrogen and oxygen atoms in total. The van der Waals surface area contributed by atoms with Crippen LogP contribution in [0.1, 0.15) is 71.5 Å². The largest absolute Gasteiger partial charge is 0.497 e. The van der Waals surface area contributed by atoms with Crippen LogP contribution in [0.2, 0.25) is 0 Å². The van der Waals surface area contributed by atoms with Gasteiger partial charge >= 0.3 is 0 Å². The Morgan fingerprint density at radius 3 is 1.45 bits per heavy atom. The summed E-state index contributed by atoms with van der Waals surface area (Å²) in [4.78, 5) is 11.9. The number of sulfone groups is 1. The quantitative estimate of drug-likeness (QED) is 0.122. The lowest BCUT2D eigenvalue weighted by Gasteiger charge is -2.33. The number of hydrogen-bond acceptors (Lipinski definition) is 6. The van der Waals surface area contributed by atoms with Crippen molar-refractivity contribution in [3.05, 3.63) is 184 Å². The van der Waals surface area contributed by atoms with Crippen molar-refractivity contribution in [2.24, 2.45) is 0 Å². The van der Waals surface area contributed by atoms with E-state index in [0.717, 1.165) is 23.3 Å². The fourth-order valence-corrected chi connectivity index (χ4v) is 7.37. The maximum absolute atomic E-state index is 11.8. The first kappa shape index (κ1) is 37.0. The number of ether oxygens (including phenoxy) is 2. The number of hydrogen-bond donors (Lipinski definition) is 1. The maximum Gasteiger partial charge on any atom is 0.193 e. The zero-order valence-electron chi connectivity index (χ0n) is 29.9. The molecule has 0 saturated heterocycles. The highest BCUT2D eigenvalue weighted by Gasteiger charge is 2.32. The molecule has 0 aromatic heterocycles. The van der Waals surface area contributed by atoms with E-state index in [9.17, 15) is 18.3 Å². The van der Waals surface area contributed by atoms with Gasteiger partial charge in [0.2, 0.25) is 0 Å². The fourth-order valence-electron chi connectivity index (χ4n) is 6.44. The summed E-state index contributed by atoms with van der Waals surface area (Å²) in [7, 11) is 0.0324. The van der Waals surface area contributed by atoms with Gasteiger partial charge in [0.1, 0.15) is 11.5 Å². The number of aliphatic hydroxyl groups excluding tert-OH is 1. The van der Waals surface area contributed by atoms with E-state index in [4.69, 9.17) is 9.47 Å². The molecular formula is C44H46O6S. The summed E-state index contributed by atoms with van der Waals surface area (Å²) >= 11 is 0. The molecule has 0 radical (unpaired) electrons. The van der Waals surface area contributed by atoms with E-state index >= 15 is 0 Å². The summed E-state index contributed by atoms with van der Waals surface area (Å²) in [6.45, 7) is 10.4. The monoisotopic (exact) mass is 702 g/mol. The van der Waals surface area contributed by atoms with Crippen LogP contribution in [0.25, 0.3) is 4.91 Å². The summed E-state index contributed by atoms with van der Waals surface area (Å²) in [6, 6.07) is 40.5. The summed E-state index contributed by atoms with van der Waals surface area (Å²) in [5.74, 6) is 1.47. The van der Waals surface area contributed by atoms with Gasteiger partial charge in [-0.25, -0.2) is 8.42 Å². The van der Waals surface area contributed by atoms with E-state index in [1.165, 1.54) is 33.9 Å². The zero-order valence-corrected chi connectivity index (χ0v) is 30.8. The second-order valence-corrected chi connectivity index (χ2v) is 15.3. The topological polar surface area (TPSA) is 89.9 Å². The van der Waals surface area contributed by atoms with E-state index < -0.39 is 9.84 Å². The molecule has 7 heteroatoms. The van der Waals surface area contributed by atoms with Crippen LogP contribution < -0.4 is 9.47 Å². The van der Waals surface area contributed by atoms with Gasteiger partial charge in [-0.15, -0.1) is 0 Å². The molecule has 0 saturated carbocycles. The Kier molecular flexibility index (Phi) is 10.8. The maximum atomic E-state index is 11.8. The van der Waals surface area contributed by atoms with Gasteiger partial charge in [0.05, 0.1) is 25.7 Å². The Morgan fingerprint density at radius 1 is 0.647 bits per heavy atom. The molecule has 51 heavy (non-hydrogen) atoms.